The van der Waals surface area contributed by atoms with Crippen LogP contribution in [0.15, 0.2) is 45.9 Å². The Morgan fingerprint density at radius 1 is 1.27 bits per heavy atom. The van der Waals surface area contributed by atoms with Crippen molar-refractivity contribution in [2.24, 2.45) is 5.14 Å². The largest absolute Gasteiger partial charge is 0.456 e. The molecule has 0 spiro atoms. The summed E-state index contributed by atoms with van der Waals surface area (Å²) in [5.74, 6) is -1.20. The molecule has 116 valence electrons. The summed E-state index contributed by atoms with van der Waals surface area (Å²) in [4.78, 5) is 22.7. The van der Waals surface area contributed by atoms with E-state index < -0.39 is 16.0 Å². The first kappa shape index (κ1) is 15.9. The van der Waals surface area contributed by atoms with E-state index in [2.05, 4.69) is 0 Å². The Morgan fingerprint density at radius 3 is 2.59 bits per heavy atom. The van der Waals surface area contributed by atoms with Gasteiger partial charge in [-0.15, -0.1) is 0 Å². The summed E-state index contributed by atoms with van der Waals surface area (Å²) in [6.07, 6.45) is 0.863. The van der Waals surface area contributed by atoms with Gasteiger partial charge >= 0.3 is 5.97 Å². The van der Waals surface area contributed by atoms with Crippen molar-refractivity contribution < 1.29 is 27.2 Å². The van der Waals surface area contributed by atoms with Crippen LogP contribution in [-0.2, 0) is 21.4 Å². The number of carbonyl (C=O) groups is 2. The minimum absolute atomic E-state index is 0.0780. The molecule has 0 radical (unpaired) electrons. The Morgan fingerprint density at radius 2 is 2.00 bits per heavy atom. The Hall–Kier alpha value is -2.45. The highest BCUT2D eigenvalue weighted by atomic mass is 32.2. The standard InChI is InChI=1S/C14H13NO6S/c1-9(16)11-4-2-3-10(5-11)7-21-14(17)13-6-12(8-20-13)22(15,18)19/h2-6,8H,7H2,1H3,(H2,15,18,19). The number of Topliss-reactive ketones (excluding diaryl/α,β-unsaturated/α-hetero) is 1. The lowest BCUT2D eigenvalue weighted by Gasteiger charge is -2.04. The van der Waals surface area contributed by atoms with Crippen LogP contribution in [-0.4, -0.2) is 20.2 Å². The summed E-state index contributed by atoms with van der Waals surface area (Å²) in [6, 6.07) is 7.61. The molecule has 2 rings (SSSR count). The highest BCUT2D eigenvalue weighted by molar-refractivity contribution is 7.89. The van der Waals surface area contributed by atoms with E-state index in [1.807, 2.05) is 0 Å². The molecular weight excluding hydrogens is 310 g/mol. The summed E-state index contributed by atoms with van der Waals surface area (Å²) in [5.41, 5.74) is 1.13. The Balaban J connectivity index is 2.05. The summed E-state index contributed by atoms with van der Waals surface area (Å²) >= 11 is 0. The number of nitrogens with two attached hydrogens (primary N) is 1. The minimum atomic E-state index is -3.94. The van der Waals surface area contributed by atoms with Gasteiger partial charge in [0.05, 0.1) is 0 Å². The van der Waals surface area contributed by atoms with Crippen molar-refractivity contribution in [3.05, 3.63) is 53.5 Å². The van der Waals surface area contributed by atoms with Crippen molar-refractivity contribution >= 4 is 21.8 Å². The number of esters is 1. The van der Waals surface area contributed by atoms with Crippen molar-refractivity contribution in [3.8, 4) is 0 Å². The second-order valence-electron chi connectivity index (χ2n) is 4.52. The zero-order chi connectivity index (χ0) is 16.3. The third-order valence-electron chi connectivity index (χ3n) is 2.81. The van der Waals surface area contributed by atoms with Crippen LogP contribution in [0.2, 0.25) is 0 Å². The molecule has 0 aliphatic heterocycles. The van der Waals surface area contributed by atoms with Gasteiger partial charge in [0.1, 0.15) is 17.8 Å². The second-order valence-corrected chi connectivity index (χ2v) is 6.09. The predicted molar refractivity (Wildman–Crippen MR) is 75.6 cm³/mol. The highest BCUT2D eigenvalue weighted by Gasteiger charge is 2.18. The lowest BCUT2D eigenvalue weighted by atomic mass is 10.1. The van der Waals surface area contributed by atoms with Crippen molar-refractivity contribution in [2.45, 2.75) is 18.4 Å². The summed E-state index contributed by atoms with van der Waals surface area (Å²) in [6.45, 7) is 1.36. The van der Waals surface area contributed by atoms with Crippen LogP contribution in [0.1, 0.15) is 33.4 Å². The van der Waals surface area contributed by atoms with E-state index in [0.717, 1.165) is 12.3 Å². The first-order chi connectivity index (χ1) is 10.3. The van der Waals surface area contributed by atoms with Crippen molar-refractivity contribution in [1.29, 1.82) is 0 Å². The van der Waals surface area contributed by atoms with Gasteiger partial charge in [-0.1, -0.05) is 18.2 Å². The molecule has 22 heavy (non-hydrogen) atoms. The highest BCUT2D eigenvalue weighted by Crippen LogP contribution is 2.14. The van der Waals surface area contributed by atoms with Gasteiger partial charge in [-0.05, 0) is 18.6 Å². The molecule has 0 amide bonds. The zero-order valence-electron chi connectivity index (χ0n) is 11.6. The van der Waals surface area contributed by atoms with E-state index in [9.17, 15) is 18.0 Å². The summed E-state index contributed by atoms with van der Waals surface area (Å²) < 4.78 is 32.0. The number of primary sulfonamides is 1. The molecule has 0 aliphatic carbocycles. The van der Waals surface area contributed by atoms with E-state index in [1.165, 1.54) is 6.92 Å². The Bertz CT molecular complexity index is 821. The predicted octanol–water partition coefficient (Wildman–Crippen LogP) is 1.49. The number of sulfonamides is 1. The molecule has 0 bridgehead atoms. The summed E-state index contributed by atoms with van der Waals surface area (Å²) in [7, 11) is -3.94. The van der Waals surface area contributed by atoms with Gasteiger partial charge in [0.15, 0.2) is 5.78 Å². The van der Waals surface area contributed by atoms with Crippen LogP contribution in [0.25, 0.3) is 0 Å². The van der Waals surface area contributed by atoms with E-state index in [1.54, 1.807) is 24.3 Å². The normalized spacial score (nSPS) is 11.2. The molecule has 2 aromatic rings. The van der Waals surface area contributed by atoms with Gasteiger partial charge in [-0.2, -0.15) is 0 Å². The Kier molecular flexibility index (Phi) is 4.43. The molecule has 0 aliphatic rings. The number of ketones is 1. The molecule has 0 atom stereocenters. The average molecular weight is 323 g/mol. The van der Waals surface area contributed by atoms with Gasteiger partial charge in [0, 0.05) is 11.6 Å². The quantitative estimate of drug-likeness (QED) is 0.658. The number of hydrogen-bond acceptors (Lipinski definition) is 6. The zero-order valence-corrected chi connectivity index (χ0v) is 12.4. The molecule has 0 saturated carbocycles. The van der Waals surface area contributed by atoms with Gasteiger partial charge in [-0.25, -0.2) is 18.4 Å². The van der Waals surface area contributed by atoms with Crippen molar-refractivity contribution in [3.63, 3.8) is 0 Å². The molecule has 8 heteroatoms. The van der Waals surface area contributed by atoms with Crippen LogP contribution >= 0.6 is 0 Å². The number of hydrogen-bond donors (Lipinski definition) is 1. The first-order valence-corrected chi connectivity index (χ1v) is 7.70. The van der Waals surface area contributed by atoms with Gasteiger partial charge in [0.25, 0.3) is 0 Å². The molecule has 2 N–H and O–H groups in total. The van der Waals surface area contributed by atoms with E-state index in [0.29, 0.717) is 11.1 Å². The van der Waals surface area contributed by atoms with Gasteiger partial charge in [0.2, 0.25) is 15.8 Å². The van der Waals surface area contributed by atoms with Crippen LogP contribution < -0.4 is 5.14 Å². The Labute approximate surface area is 126 Å². The van der Waals surface area contributed by atoms with Crippen LogP contribution in [0.4, 0.5) is 0 Å². The van der Waals surface area contributed by atoms with Gasteiger partial charge < -0.3 is 9.15 Å². The number of ether oxygens (including phenoxy) is 1. The number of rotatable bonds is 5. The minimum Gasteiger partial charge on any atom is -0.456 e. The molecule has 0 saturated heterocycles. The maximum Gasteiger partial charge on any atom is 0.374 e. The van der Waals surface area contributed by atoms with Crippen molar-refractivity contribution in [1.82, 2.24) is 0 Å². The van der Waals surface area contributed by atoms with E-state index >= 15 is 0 Å². The SMILES string of the molecule is CC(=O)c1cccc(COC(=O)c2cc(S(N)(=O)=O)co2)c1. The first-order valence-electron chi connectivity index (χ1n) is 6.15. The lowest BCUT2D eigenvalue weighted by Crippen LogP contribution is -2.11. The average Bonchev–Trinajstić information content (AvgIpc) is 2.95. The molecule has 1 heterocycles. The third kappa shape index (κ3) is 3.80. The van der Waals surface area contributed by atoms with Crippen LogP contribution in [0, 0.1) is 0 Å². The second kappa shape index (κ2) is 6.12. The number of carbonyl (C=O) groups excluding carboxylic acids is 2. The fourth-order valence-corrected chi connectivity index (χ4v) is 2.13. The third-order valence-corrected chi connectivity index (χ3v) is 3.68. The van der Waals surface area contributed by atoms with Crippen LogP contribution in [0.5, 0.6) is 0 Å². The number of benzene rings is 1. The fraction of sp³-hybridized carbons (Fsp3) is 0.143. The van der Waals surface area contributed by atoms with Crippen molar-refractivity contribution in [2.75, 3.05) is 0 Å². The summed E-state index contributed by atoms with van der Waals surface area (Å²) in [5, 5.41) is 4.91. The maximum atomic E-state index is 11.8. The molecular formula is C14H13NO6S. The fourth-order valence-electron chi connectivity index (χ4n) is 1.68. The van der Waals surface area contributed by atoms with E-state index in [-0.39, 0.29) is 23.0 Å². The monoisotopic (exact) mass is 323 g/mol. The van der Waals surface area contributed by atoms with E-state index in [4.69, 9.17) is 14.3 Å². The van der Waals surface area contributed by atoms with Crippen LogP contribution in [0.3, 0.4) is 0 Å². The number of furan rings is 1. The molecule has 0 unspecified atom stereocenters. The smallest absolute Gasteiger partial charge is 0.374 e. The maximum absolute atomic E-state index is 11.8. The topological polar surface area (TPSA) is 117 Å². The molecule has 0 fully saturated rings. The molecule has 1 aromatic carbocycles. The molecule has 1 aromatic heterocycles. The lowest BCUT2D eigenvalue weighted by molar-refractivity contribution is 0.0436. The molecule has 7 nitrogen and oxygen atoms in total. The van der Waals surface area contributed by atoms with Gasteiger partial charge in [-0.3, -0.25) is 4.79 Å².